The summed E-state index contributed by atoms with van der Waals surface area (Å²) in [7, 11) is 0. The highest BCUT2D eigenvalue weighted by Crippen LogP contribution is 2.18. The van der Waals surface area contributed by atoms with E-state index in [-0.39, 0.29) is 0 Å². The van der Waals surface area contributed by atoms with Gasteiger partial charge in [0.05, 0.1) is 6.10 Å². The van der Waals surface area contributed by atoms with E-state index in [4.69, 9.17) is 5.21 Å². The molecule has 0 heterocycles. The minimum atomic E-state index is -1.26. The van der Waals surface area contributed by atoms with E-state index in [1.54, 1.807) is 24.3 Å². The SMILES string of the molecule is CC(O)C(NC(=O)c1ccc(C#Cc2ccc(CNC3CCC3)cc2)cc1)C(=O)NO. The molecule has 1 fully saturated rings. The number of amides is 2. The number of aliphatic hydroxyl groups is 1. The summed E-state index contributed by atoms with van der Waals surface area (Å²) in [6, 6.07) is 14.1. The van der Waals surface area contributed by atoms with Gasteiger partial charge in [-0.2, -0.15) is 0 Å². The smallest absolute Gasteiger partial charge is 0.268 e. The number of hydrogen-bond acceptors (Lipinski definition) is 5. The maximum absolute atomic E-state index is 12.3. The van der Waals surface area contributed by atoms with E-state index in [2.05, 4.69) is 34.6 Å². The fraction of sp³-hybridized carbons (Fsp3) is 0.333. The molecule has 0 aliphatic heterocycles. The minimum Gasteiger partial charge on any atom is -0.391 e. The molecular formula is C24H27N3O4. The monoisotopic (exact) mass is 421 g/mol. The summed E-state index contributed by atoms with van der Waals surface area (Å²) in [4.78, 5) is 23.8. The average molecular weight is 421 g/mol. The van der Waals surface area contributed by atoms with Crippen molar-refractivity contribution in [3.8, 4) is 11.8 Å². The number of carbonyl (C=O) groups excluding carboxylic acids is 2. The highest BCUT2D eigenvalue weighted by atomic mass is 16.5. The first kappa shape index (κ1) is 22.5. The number of carbonyl (C=O) groups is 2. The van der Waals surface area contributed by atoms with Gasteiger partial charge in [0.1, 0.15) is 6.04 Å². The maximum atomic E-state index is 12.3. The Bertz CT molecular complexity index is 955. The minimum absolute atomic E-state index is 0.310. The molecule has 2 aromatic carbocycles. The molecule has 2 atom stereocenters. The number of hydrogen-bond donors (Lipinski definition) is 5. The van der Waals surface area contributed by atoms with Gasteiger partial charge in [-0.3, -0.25) is 14.8 Å². The summed E-state index contributed by atoms with van der Waals surface area (Å²) in [6.45, 7) is 2.22. The number of rotatable bonds is 7. The van der Waals surface area contributed by atoms with Crippen LogP contribution < -0.4 is 16.1 Å². The standard InChI is InChI=1S/C24H27N3O4/c1-16(28)22(24(30)27-31)26-23(29)20-13-11-18(12-14-20)6-5-17-7-9-19(10-8-17)15-25-21-3-2-4-21/h7-14,16,21-22,25,28,31H,2-4,15H2,1H3,(H,26,29)(H,27,30). The van der Waals surface area contributed by atoms with Crippen molar-refractivity contribution >= 4 is 11.8 Å². The van der Waals surface area contributed by atoms with Crippen molar-refractivity contribution in [3.05, 3.63) is 70.8 Å². The van der Waals surface area contributed by atoms with Gasteiger partial charge in [-0.1, -0.05) is 30.4 Å². The number of benzene rings is 2. The van der Waals surface area contributed by atoms with Crippen LogP contribution in [0.1, 0.15) is 53.2 Å². The van der Waals surface area contributed by atoms with E-state index in [1.165, 1.54) is 37.2 Å². The summed E-state index contributed by atoms with van der Waals surface area (Å²) in [5.41, 5.74) is 4.62. The van der Waals surface area contributed by atoms with Gasteiger partial charge < -0.3 is 15.7 Å². The third-order valence-electron chi connectivity index (χ3n) is 5.31. The lowest BCUT2D eigenvalue weighted by molar-refractivity contribution is -0.133. The van der Waals surface area contributed by atoms with Gasteiger partial charge >= 0.3 is 0 Å². The zero-order valence-electron chi connectivity index (χ0n) is 17.4. The second-order valence-corrected chi connectivity index (χ2v) is 7.70. The third kappa shape index (κ3) is 6.40. The summed E-state index contributed by atoms with van der Waals surface area (Å²) in [5.74, 6) is 4.74. The van der Waals surface area contributed by atoms with Crippen LogP contribution in [-0.4, -0.2) is 40.3 Å². The van der Waals surface area contributed by atoms with Gasteiger partial charge in [-0.05, 0) is 61.7 Å². The lowest BCUT2D eigenvalue weighted by atomic mass is 9.93. The first-order valence-corrected chi connectivity index (χ1v) is 10.3. The van der Waals surface area contributed by atoms with Crippen LogP contribution in [0.3, 0.4) is 0 Å². The third-order valence-corrected chi connectivity index (χ3v) is 5.31. The van der Waals surface area contributed by atoms with Crippen molar-refractivity contribution in [3.63, 3.8) is 0 Å². The normalized spacial score (nSPS) is 15.1. The first-order chi connectivity index (χ1) is 15.0. The second-order valence-electron chi connectivity index (χ2n) is 7.70. The Hall–Kier alpha value is -3.18. The van der Waals surface area contributed by atoms with Crippen molar-refractivity contribution in [2.45, 2.75) is 50.9 Å². The average Bonchev–Trinajstić information content (AvgIpc) is 2.75. The van der Waals surface area contributed by atoms with Crippen LogP contribution in [0.5, 0.6) is 0 Å². The van der Waals surface area contributed by atoms with E-state index in [0.717, 1.165) is 17.7 Å². The molecule has 0 saturated heterocycles. The highest BCUT2D eigenvalue weighted by Gasteiger charge is 2.25. The molecule has 31 heavy (non-hydrogen) atoms. The molecular weight excluding hydrogens is 394 g/mol. The molecule has 0 radical (unpaired) electrons. The van der Waals surface area contributed by atoms with Crippen LogP contribution in [0, 0.1) is 11.8 Å². The fourth-order valence-electron chi connectivity index (χ4n) is 3.13. The predicted molar refractivity (Wildman–Crippen MR) is 116 cm³/mol. The molecule has 5 N–H and O–H groups in total. The molecule has 162 valence electrons. The second kappa shape index (κ2) is 10.7. The van der Waals surface area contributed by atoms with E-state index < -0.39 is 24.0 Å². The Morgan fingerprint density at radius 1 is 1.03 bits per heavy atom. The lowest BCUT2D eigenvalue weighted by Gasteiger charge is -2.26. The molecule has 2 aromatic rings. The van der Waals surface area contributed by atoms with Crippen LogP contribution >= 0.6 is 0 Å². The molecule has 0 spiro atoms. The zero-order chi connectivity index (χ0) is 22.2. The van der Waals surface area contributed by atoms with Crippen LogP contribution in [0.4, 0.5) is 0 Å². The van der Waals surface area contributed by atoms with E-state index in [1.807, 2.05) is 12.1 Å². The Morgan fingerprint density at radius 2 is 1.61 bits per heavy atom. The fourth-order valence-corrected chi connectivity index (χ4v) is 3.13. The summed E-state index contributed by atoms with van der Waals surface area (Å²) < 4.78 is 0. The molecule has 7 heteroatoms. The summed E-state index contributed by atoms with van der Waals surface area (Å²) in [5, 5.41) is 24.3. The zero-order valence-corrected chi connectivity index (χ0v) is 17.4. The van der Waals surface area contributed by atoms with E-state index in [9.17, 15) is 14.7 Å². The van der Waals surface area contributed by atoms with Gasteiger partial charge in [-0.25, -0.2) is 5.48 Å². The van der Waals surface area contributed by atoms with Crippen molar-refractivity contribution in [2.24, 2.45) is 0 Å². The molecule has 7 nitrogen and oxygen atoms in total. The molecule has 2 amide bonds. The first-order valence-electron chi connectivity index (χ1n) is 10.3. The Morgan fingerprint density at radius 3 is 2.10 bits per heavy atom. The van der Waals surface area contributed by atoms with Gasteiger partial charge in [0.2, 0.25) is 0 Å². The molecule has 3 rings (SSSR count). The summed E-state index contributed by atoms with van der Waals surface area (Å²) >= 11 is 0. The highest BCUT2D eigenvalue weighted by molar-refractivity contribution is 5.97. The molecule has 0 aromatic heterocycles. The molecule has 1 aliphatic carbocycles. The van der Waals surface area contributed by atoms with Crippen LogP contribution in [-0.2, 0) is 11.3 Å². The Balaban J connectivity index is 1.57. The van der Waals surface area contributed by atoms with Crippen molar-refractivity contribution < 1.29 is 19.9 Å². The van der Waals surface area contributed by atoms with Crippen molar-refractivity contribution in [1.29, 1.82) is 0 Å². The predicted octanol–water partition coefficient (Wildman–Crippen LogP) is 1.71. The summed E-state index contributed by atoms with van der Waals surface area (Å²) in [6.07, 6.45) is 2.69. The molecule has 1 saturated carbocycles. The molecule has 2 unspecified atom stereocenters. The van der Waals surface area contributed by atoms with Crippen LogP contribution in [0.2, 0.25) is 0 Å². The largest absolute Gasteiger partial charge is 0.391 e. The van der Waals surface area contributed by atoms with Gasteiger partial charge in [-0.15, -0.1) is 0 Å². The van der Waals surface area contributed by atoms with E-state index in [0.29, 0.717) is 11.6 Å². The Kier molecular flexibility index (Phi) is 7.79. The number of aliphatic hydroxyl groups excluding tert-OH is 1. The van der Waals surface area contributed by atoms with Gasteiger partial charge in [0, 0.05) is 29.3 Å². The lowest BCUT2D eigenvalue weighted by Crippen LogP contribution is -2.51. The van der Waals surface area contributed by atoms with Gasteiger partial charge in [0.25, 0.3) is 11.8 Å². The number of nitrogens with one attached hydrogen (secondary N) is 3. The topological polar surface area (TPSA) is 111 Å². The van der Waals surface area contributed by atoms with Crippen LogP contribution in [0.15, 0.2) is 48.5 Å². The van der Waals surface area contributed by atoms with Crippen molar-refractivity contribution in [2.75, 3.05) is 0 Å². The van der Waals surface area contributed by atoms with Crippen molar-refractivity contribution in [1.82, 2.24) is 16.1 Å². The molecule has 1 aliphatic rings. The molecule has 0 bridgehead atoms. The quantitative estimate of drug-likeness (QED) is 0.266. The van der Waals surface area contributed by atoms with Crippen LogP contribution in [0.25, 0.3) is 0 Å². The Labute approximate surface area is 181 Å². The van der Waals surface area contributed by atoms with E-state index >= 15 is 0 Å². The maximum Gasteiger partial charge on any atom is 0.268 e. The number of hydroxylamine groups is 1. The van der Waals surface area contributed by atoms with Gasteiger partial charge in [0.15, 0.2) is 0 Å².